The van der Waals surface area contributed by atoms with Crippen molar-refractivity contribution in [3.63, 3.8) is 0 Å². The fourth-order valence-corrected chi connectivity index (χ4v) is 3.73. The first-order valence-electron chi connectivity index (χ1n) is 9.82. The summed E-state index contributed by atoms with van der Waals surface area (Å²) in [6, 6.07) is 5.76. The van der Waals surface area contributed by atoms with Crippen molar-refractivity contribution in [3.05, 3.63) is 36.3 Å². The minimum Gasteiger partial charge on any atom is -0.379 e. The van der Waals surface area contributed by atoms with E-state index in [1.54, 1.807) is 24.4 Å². The third-order valence-electron chi connectivity index (χ3n) is 5.40. The van der Waals surface area contributed by atoms with Crippen molar-refractivity contribution >= 4 is 11.7 Å². The van der Waals surface area contributed by atoms with E-state index in [1.807, 2.05) is 39.1 Å². The maximum absolute atomic E-state index is 12.6. The highest BCUT2D eigenvalue weighted by Gasteiger charge is 2.35. The number of hydrogen-bond acceptors (Lipinski definition) is 6. The summed E-state index contributed by atoms with van der Waals surface area (Å²) in [5, 5.41) is 3.51. The molecule has 150 valence electrons. The highest BCUT2D eigenvalue weighted by Crippen LogP contribution is 2.30. The van der Waals surface area contributed by atoms with E-state index in [0.717, 1.165) is 42.9 Å². The van der Waals surface area contributed by atoms with Crippen LogP contribution >= 0.6 is 0 Å². The zero-order valence-electron chi connectivity index (χ0n) is 17.1. The summed E-state index contributed by atoms with van der Waals surface area (Å²) < 4.78 is 5.70. The van der Waals surface area contributed by atoms with Gasteiger partial charge in [-0.05, 0) is 45.2 Å². The SMILES string of the molecule is CCN(C)C(=O)[C@H]1CC[C@@H](OC)[C@H](Nc2cc(C)nc(-c3cccnc3)n2)C1. The number of hydrogen-bond donors (Lipinski definition) is 1. The third kappa shape index (κ3) is 4.65. The average Bonchev–Trinajstić information content (AvgIpc) is 2.72. The predicted octanol–water partition coefficient (Wildman–Crippen LogP) is 2.92. The van der Waals surface area contributed by atoms with Crippen molar-refractivity contribution < 1.29 is 9.53 Å². The molecule has 28 heavy (non-hydrogen) atoms. The summed E-state index contributed by atoms with van der Waals surface area (Å²) in [7, 11) is 3.59. The molecule has 0 saturated heterocycles. The maximum atomic E-state index is 12.6. The van der Waals surface area contributed by atoms with Gasteiger partial charge in [0.1, 0.15) is 5.82 Å². The Morgan fingerprint density at radius 2 is 2.18 bits per heavy atom. The molecule has 1 amide bonds. The van der Waals surface area contributed by atoms with Crippen LogP contribution in [0.5, 0.6) is 0 Å². The first-order chi connectivity index (χ1) is 13.5. The third-order valence-corrected chi connectivity index (χ3v) is 5.40. The van der Waals surface area contributed by atoms with Crippen LogP contribution in [0.2, 0.25) is 0 Å². The number of carbonyl (C=O) groups excluding carboxylic acids is 1. The number of pyridine rings is 1. The molecule has 1 saturated carbocycles. The second-order valence-corrected chi connectivity index (χ2v) is 7.35. The lowest BCUT2D eigenvalue weighted by Gasteiger charge is -2.36. The first-order valence-corrected chi connectivity index (χ1v) is 9.82. The lowest BCUT2D eigenvalue weighted by molar-refractivity contribution is -0.136. The summed E-state index contributed by atoms with van der Waals surface area (Å²) in [6.07, 6.45) is 5.96. The molecule has 0 unspecified atom stereocenters. The van der Waals surface area contributed by atoms with Gasteiger partial charge in [0.05, 0.1) is 12.1 Å². The van der Waals surface area contributed by atoms with Crippen LogP contribution in [-0.4, -0.2) is 58.6 Å². The van der Waals surface area contributed by atoms with Crippen LogP contribution < -0.4 is 5.32 Å². The summed E-state index contributed by atoms with van der Waals surface area (Å²) in [4.78, 5) is 27.8. The molecule has 1 aliphatic rings. The van der Waals surface area contributed by atoms with Crippen LogP contribution in [0.4, 0.5) is 5.82 Å². The van der Waals surface area contributed by atoms with Gasteiger partial charge in [-0.15, -0.1) is 0 Å². The lowest BCUT2D eigenvalue weighted by Crippen LogP contribution is -2.45. The molecule has 0 aliphatic heterocycles. The van der Waals surface area contributed by atoms with Crippen LogP contribution in [-0.2, 0) is 9.53 Å². The minimum absolute atomic E-state index is 0.00887. The molecule has 0 bridgehead atoms. The topological polar surface area (TPSA) is 80.2 Å². The van der Waals surface area contributed by atoms with Crippen molar-refractivity contribution in [2.75, 3.05) is 26.0 Å². The lowest BCUT2D eigenvalue weighted by atomic mass is 9.82. The van der Waals surface area contributed by atoms with Crippen LogP contribution in [0.1, 0.15) is 31.9 Å². The number of ether oxygens (including phenoxy) is 1. The van der Waals surface area contributed by atoms with Gasteiger partial charge in [0.25, 0.3) is 0 Å². The standard InChI is InChI=1S/C21H29N5O2/c1-5-26(3)21(27)15-8-9-18(28-4)17(12-15)24-19-11-14(2)23-20(25-19)16-7-6-10-22-13-16/h6-7,10-11,13,15,17-18H,5,8-9,12H2,1-4H3,(H,23,24,25)/t15-,17+,18+/m0/s1. The summed E-state index contributed by atoms with van der Waals surface area (Å²) in [5.74, 6) is 1.60. The monoisotopic (exact) mass is 383 g/mol. The van der Waals surface area contributed by atoms with Gasteiger partial charge in [-0.3, -0.25) is 9.78 Å². The molecule has 1 N–H and O–H groups in total. The number of anilines is 1. The normalized spacial score (nSPS) is 21.9. The highest BCUT2D eigenvalue weighted by molar-refractivity contribution is 5.78. The zero-order valence-corrected chi connectivity index (χ0v) is 17.1. The molecule has 7 heteroatoms. The fourth-order valence-electron chi connectivity index (χ4n) is 3.73. The summed E-state index contributed by atoms with van der Waals surface area (Å²) in [6.45, 7) is 4.67. The number of nitrogens with one attached hydrogen (secondary N) is 1. The molecule has 0 aromatic carbocycles. The number of aromatic nitrogens is 3. The number of carbonyl (C=O) groups is 1. The predicted molar refractivity (Wildman–Crippen MR) is 109 cm³/mol. The van der Waals surface area contributed by atoms with Gasteiger partial charge < -0.3 is 15.0 Å². The second kappa shape index (κ2) is 9.10. The summed E-state index contributed by atoms with van der Waals surface area (Å²) >= 11 is 0. The van der Waals surface area contributed by atoms with E-state index in [-0.39, 0.29) is 24.0 Å². The fraction of sp³-hybridized carbons (Fsp3) is 0.524. The molecular formula is C21H29N5O2. The van der Waals surface area contributed by atoms with Gasteiger partial charge in [-0.2, -0.15) is 0 Å². The van der Waals surface area contributed by atoms with Crippen LogP contribution in [0.15, 0.2) is 30.6 Å². The van der Waals surface area contributed by atoms with Gasteiger partial charge in [0, 0.05) is 56.3 Å². The van der Waals surface area contributed by atoms with Crippen molar-refractivity contribution in [1.82, 2.24) is 19.9 Å². The van der Waals surface area contributed by atoms with Gasteiger partial charge in [0.2, 0.25) is 5.91 Å². The maximum Gasteiger partial charge on any atom is 0.225 e. The molecule has 0 radical (unpaired) electrons. The first kappa shape index (κ1) is 20.2. The molecule has 3 rings (SSSR count). The molecule has 1 aliphatic carbocycles. The number of methoxy groups -OCH3 is 1. The molecule has 2 aromatic rings. The number of rotatable bonds is 6. The number of aryl methyl sites for hydroxylation is 1. The van der Waals surface area contributed by atoms with Gasteiger partial charge in [-0.25, -0.2) is 9.97 Å². The second-order valence-electron chi connectivity index (χ2n) is 7.35. The largest absolute Gasteiger partial charge is 0.379 e. The van der Waals surface area contributed by atoms with Gasteiger partial charge >= 0.3 is 0 Å². The molecular weight excluding hydrogens is 354 g/mol. The van der Waals surface area contributed by atoms with E-state index in [9.17, 15) is 4.79 Å². The van der Waals surface area contributed by atoms with Crippen LogP contribution in [0, 0.1) is 12.8 Å². The molecule has 7 nitrogen and oxygen atoms in total. The van der Waals surface area contributed by atoms with E-state index in [4.69, 9.17) is 4.74 Å². The smallest absolute Gasteiger partial charge is 0.225 e. The minimum atomic E-state index is 0.00887. The van der Waals surface area contributed by atoms with E-state index in [2.05, 4.69) is 20.3 Å². The molecule has 3 atom stereocenters. The Balaban J connectivity index is 1.80. The van der Waals surface area contributed by atoms with Gasteiger partial charge in [0.15, 0.2) is 5.82 Å². The Labute approximate surface area is 166 Å². The molecule has 0 spiro atoms. The number of amides is 1. The average molecular weight is 383 g/mol. The van der Waals surface area contributed by atoms with E-state index >= 15 is 0 Å². The van der Waals surface area contributed by atoms with Crippen molar-refractivity contribution in [3.8, 4) is 11.4 Å². The summed E-state index contributed by atoms with van der Waals surface area (Å²) in [5.41, 5.74) is 1.75. The Hall–Kier alpha value is -2.54. The Morgan fingerprint density at radius 1 is 1.36 bits per heavy atom. The molecule has 1 fully saturated rings. The zero-order chi connectivity index (χ0) is 20.1. The molecule has 2 heterocycles. The van der Waals surface area contributed by atoms with Crippen molar-refractivity contribution in [1.29, 1.82) is 0 Å². The van der Waals surface area contributed by atoms with Crippen LogP contribution in [0.25, 0.3) is 11.4 Å². The van der Waals surface area contributed by atoms with Crippen molar-refractivity contribution in [2.45, 2.75) is 45.3 Å². The number of nitrogens with zero attached hydrogens (tertiary/aromatic N) is 4. The molecule has 2 aromatic heterocycles. The van der Waals surface area contributed by atoms with Crippen molar-refractivity contribution in [2.24, 2.45) is 5.92 Å². The Kier molecular flexibility index (Phi) is 6.57. The quantitative estimate of drug-likeness (QED) is 0.826. The highest BCUT2D eigenvalue weighted by atomic mass is 16.5. The van der Waals surface area contributed by atoms with E-state index < -0.39 is 0 Å². The Bertz CT molecular complexity index is 799. The van der Waals surface area contributed by atoms with Gasteiger partial charge in [-0.1, -0.05) is 0 Å². The van der Waals surface area contributed by atoms with E-state index in [1.165, 1.54) is 0 Å². The van der Waals surface area contributed by atoms with Crippen LogP contribution in [0.3, 0.4) is 0 Å². The van der Waals surface area contributed by atoms with E-state index in [0.29, 0.717) is 5.82 Å². The Morgan fingerprint density at radius 3 is 2.86 bits per heavy atom.